The molecule has 1 amide bonds. The fourth-order valence-electron chi connectivity index (χ4n) is 0.881. The van der Waals surface area contributed by atoms with Gasteiger partial charge in [0.05, 0.1) is 5.02 Å². The lowest BCUT2D eigenvalue weighted by molar-refractivity contribution is -0.119. The maximum absolute atomic E-state index is 10.4. The van der Waals surface area contributed by atoms with E-state index in [9.17, 15) is 4.79 Å². The number of hydrogen-bond acceptors (Lipinski definition) is 2. The van der Waals surface area contributed by atoms with Crippen LogP contribution in [0.2, 0.25) is 5.02 Å². The van der Waals surface area contributed by atoms with Gasteiger partial charge in [0.25, 0.3) is 5.91 Å². The van der Waals surface area contributed by atoms with Crippen molar-refractivity contribution < 1.29 is 9.53 Å². The molecular weight excluding hydrogens is 190 g/mol. The molecule has 1 aromatic rings. The number of nitrogens with two attached hydrogens (primary N) is 1. The van der Waals surface area contributed by atoms with E-state index in [1.807, 2.05) is 13.0 Å². The van der Waals surface area contributed by atoms with E-state index in [-0.39, 0.29) is 6.61 Å². The van der Waals surface area contributed by atoms with Crippen LogP contribution >= 0.6 is 11.6 Å². The standard InChI is InChI=1S/C9H10ClNO2/c1-6-3-2-4-7(9(6)10)13-5-8(11)12/h2-4H,5H2,1H3,(H2,11,12). The number of halogens is 1. The highest BCUT2D eigenvalue weighted by Gasteiger charge is 2.04. The Morgan fingerprint density at radius 2 is 2.31 bits per heavy atom. The van der Waals surface area contributed by atoms with E-state index in [2.05, 4.69) is 0 Å². The number of amides is 1. The van der Waals surface area contributed by atoms with Crippen molar-refractivity contribution >= 4 is 17.5 Å². The number of ether oxygens (including phenoxy) is 1. The van der Waals surface area contributed by atoms with Crippen LogP contribution in [0.15, 0.2) is 18.2 Å². The third-order valence-corrected chi connectivity index (χ3v) is 2.01. The normalized spacial score (nSPS) is 9.69. The van der Waals surface area contributed by atoms with E-state index < -0.39 is 5.91 Å². The number of benzene rings is 1. The molecule has 0 aliphatic carbocycles. The SMILES string of the molecule is Cc1cccc(OCC(N)=O)c1Cl. The largest absolute Gasteiger partial charge is 0.482 e. The summed E-state index contributed by atoms with van der Waals surface area (Å²) in [6.07, 6.45) is 0. The number of rotatable bonds is 3. The van der Waals surface area contributed by atoms with Gasteiger partial charge in [0.2, 0.25) is 0 Å². The smallest absolute Gasteiger partial charge is 0.255 e. The number of carbonyl (C=O) groups is 1. The molecule has 0 fully saturated rings. The molecule has 0 heterocycles. The molecule has 0 spiro atoms. The van der Waals surface area contributed by atoms with E-state index in [4.69, 9.17) is 22.1 Å². The Morgan fingerprint density at radius 1 is 1.62 bits per heavy atom. The fourth-order valence-corrected chi connectivity index (χ4v) is 1.06. The molecule has 0 aliphatic rings. The van der Waals surface area contributed by atoms with Gasteiger partial charge in [-0.2, -0.15) is 0 Å². The second-order valence-electron chi connectivity index (χ2n) is 2.64. The van der Waals surface area contributed by atoms with Crippen LogP contribution in [-0.4, -0.2) is 12.5 Å². The highest BCUT2D eigenvalue weighted by atomic mass is 35.5. The Balaban J connectivity index is 2.77. The van der Waals surface area contributed by atoms with Crippen molar-refractivity contribution in [2.45, 2.75) is 6.92 Å². The second kappa shape index (κ2) is 4.14. The summed E-state index contributed by atoms with van der Waals surface area (Å²) in [5, 5.41) is 0.517. The van der Waals surface area contributed by atoms with Gasteiger partial charge in [-0.3, -0.25) is 4.79 Å². The lowest BCUT2D eigenvalue weighted by atomic mass is 10.2. The summed E-state index contributed by atoms with van der Waals surface area (Å²) in [5.41, 5.74) is 5.83. The Labute approximate surface area is 81.4 Å². The third-order valence-electron chi connectivity index (χ3n) is 1.53. The molecule has 1 aromatic carbocycles. The molecule has 0 radical (unpaired) electrons. The summed E-state index contributed by atoms with van der Waals surface area (Å²) in [6.45, 7) is 1.71. The first-order chi connectivity index (χ1) is 6.11. The molecule has 0 saturated heterocycles. The van der Waals surface area contributed by atoms with Gasteiger partial charge in [-0.1, -0.05) is 23.7 Å². The molecular formula is C9H10ClNO2. The van der Waals surface area contributed by atoms with Crippen LogP contribution in [-0.2, 0) is 4.79 Å². The first-order valence-corrected chi connectivity index (χ1v) is 4.15. The monoisotopic (exact) mass is 199 g/mol. The van der Waals surface area contributed by atoms with Crippen LogP contribution in [0.3, 0.4) is 0 Å². The van der Waals surface area contributed by atoms with E-state index >= 15 is 0 Å². The first-order valence-electron chi connectivity index (χ1n) is 3.77. The quantitative estimate of drug-likeness (QED) is 0.803. The molecule has 0 atom stereocenters. The number of aryl methyl sites for hydroxylation is 1. The Kier molecular flexibility index (Phi) is 3.14. The van der Waals surface area contributed by atoms with Crippen molar-refractivity contribution in [3.63, 3.8) is 0 Å². The van der Waals surface area contributed by atoms with Crippen molar-refractivity contribution in [1.82, 2.24) is 0 Å². The second-order valence-corrected chi connectivity index (χ2v) is 3.02. The summed E-state index contributed by atoms with van der Waals surface area (Å²) in [4.78, 5) is 10.4. The van der Waals surface area contributed by atoms with Crippen LogP contribution in [0, 0.1) is 6.92 Å². The van der Waals surface area contributed by atoms with Crippen LogP contribution in [0.1, 0.15) is 5.56 Å². The summed E-state index contributed by atoms with van der Waals surface area (Å²) in [6, 6.07) is 5.36. The molecule has 0 aliphatic heterocycles. The minimum Gasteiger partial charge on any atom is -0.482 e. The molecule has 0 saturated carbocycles. The number of primary amides is 1. The summed E-state index contributed by atoms with van der Waals surface area (Å²) in [7, 11) is 0. The average Bonchev–Trinajstić information content (AvgIpc) is 2.07. The summed E-state index contributed by atoms with van der Waals surface area (Å²) >= 11 is 5.90. The molecule has 0 unspecified atom stereocenters. The lowest BCUT2D eigenvalue weighted by Gasteiger charge is -2.06. The van der Waals surface area contributed by atoms with E-state index in [0.29, 0.717) is 10.8 Å². The topological polar surface area (TPSA) is 52.3 Å². The van der Waals surface area contributed by atoms with E-state index in [1.165, 1.54) is 0 Å². The van der Waals surface area contributed by atoms with Gasteiger partial charge in [0.15, 0.2) is 6.61 Å². The third kappa shape index (κ3) is 2.63. The zero-order valence-electron chi connectivity index (χ0n) is 7.21. The van der Waals surface area contributed by atoms with Crippen LogP contribution in [0.5, 0.6) is 5.75 Å². The van der Waals surface area contributed by atoms with Crippen molar-refractivity contribution in [1.29, 1.82) is 0 Å². The van der Waals surface area contributed by atoms with Crippen molar-refractivity contribution in [2.24, 2.45) is 5.73 Å². The molecule has 13 heavy (non-hydrogen) atoms. The Bertz CT molecular complexity index is 325. The summed E-state index contributed by atoms with van der Waals surface area (Å²) < 4.78 is 5.07. The van der Waals surface area contributed by atoms with Crippen LogP contribution in [0.25, 0.3) is 0 Å². The molecule has 3 nitrogen and oxygen atoms in total. The average molecular weight is 200 g/mol. The predicted molar refractivity (Wildman–Crippen MR) is 50.9 cm³/mol. The Hall–Kier alpha value is -1.22. The molecule has 0 aromatic heterocycles. The number of carbonyl (C=O) groups excluding carboxylic acids is 1. The number of hydrogen-bond donors (Lipinski definition) is 1. The minimum absolute atomic E-state index is 0.150. The first kappa shape index (κ1) is 9.86. The van der Waals surface area contributed by atoms with E-state index in [0.717, 1.165) is 5.56 Å². The molecule has 4 heteroatoms. The maximum atomic E-state index is 10.4. The van der Waals surface area contributed by atoms with Gasteiger partial charge >= 0.3 is 0 Å². The molecule has 0 bridgehead atoms. The molecule has 1 rings (SSSR count). The van der Waals surface area contributed by atoms with Crippen molar-refractivity contribution in [3.05, 3.63) is 28.8 Å². The van der Waals surface area contributed by atoms with Crippen LogP contribution in [0.4, 0.5) is 0 Å². The zero-order valence-corrected chi connectivity index (χ0v) is 7.97. The highest BCUT2D eigenvalue weighted by molar-refractivity contribution is 6.32. The van der Waals surface area contributed by atoms with Crippen molar-refractivity contribution in [2.75, 3.05) is 6.61 Å². The summed E-state index contributed by atoms with van der Waals surface area (Å²) in [5.74, 6) is -0.0296. The highest BCUT2D eigenvalue weighted by Crippen LogP contribution is 2.26. The van der Waals surface area contributed by atoms with Gasteiger partial charge in [-0.25, -0.2) is 0 Å². The lowest BCUT2D eigenvalue weighted by Crippen LogP contribution is -2.20. The predicted octanol–water partition coefficient (Wildman–Crippen LogP) is 1.51. The minimum atomic E-state index is -0.516. The molecule has 2 N–H and O–H groups in total. The van der Waals surface area contributed by atoms with Crippen LogP contribution < -0.4 is 10.5 Å². The molecule has 70 valence electrons. The van der Waals surface area contributed by atoms with Crippen molar-refractivity contribution in [3.8, 4) is 5.75 Å². The van der Waals surface area contributed by atoms with E-state index in [1.54, 1.807) is 12.1 Å². The van der Waals surface area contributed by atoms with Gasteiger partial charge in [-0.05, 0) is 18.6 Å². The van der Waals surface area contributed by atoms with Gasteiger partial charge < -0.3 is 10.5 Å². The Morgan fingerprint density at radius 3 is 2.92 bits per heavy atom. The fraction of sp³-hybridized carbons (Fsp3) is 0.222. The maximum Gasteiger partial charge on any atom is 0.255 e. The van der Waals surface area contributed by atoms with Gasteiger partial charge in [0.1, 0.15) is 5.75 Å². The van der Waals surface area contributed by atoms with Gasteiger partial charge in [-0.15, -0.1) is 0 Å². The zero-order chi connectivity index (χ0) is 9.84. The van der Waals surface area contributed by atoms with Gasteiger partial charge in [0, 0.05) is 0 Å².